The monoisotopic (exact) mass is 265 g/mol. The predicted molar refractivity (Wildman–Crippen MR) is 73.2 cm³/mol. The molecule has 0 aliphatic heterocycles. The molecule has 1 aliphatic carbocycles. The molecule has 0 aromatic carbocycles. The maximum absolute atomic E-state index is 11.2. The Morgan fingerprint density at radius 1 is 1.42 bits per heavy atom. The van der Waals surface area contributed by atoms with Crippen LogP contribution in [0.15, 0.2) is 6.33 Å². The summed E-state index contributed by atoms with van der Waals surface area (Å²) < 4.78 is 0. The zero-order valence-corrected chi connectivity index (χ0v) is 11.2. The third kappa shape index (κ3) is 3.30. The second-order valence-electron chi connectivity index (χ2n) is 4.90. The molecule has 0 amide bonds. The van der Waals surface area contributed by atoms with E-state index in [-0.39, 0.29) is 11.5 Å². The molecule has 7 heteroatoms. The molecule has 1 aromatic rings. The maximum atomic E-state index is 11.2. The fourth-order valence-electron chi connectivity index (χ4n) is 2.07. The van der Waals surface area contributed by atoms with Gasteiger partial charge in [0.1, 0.15) is 6.33 Å². The third-order valence-electron chi connectivity index (χ3n) is 3.37. The van der Waals surface area contributed by atoms with Crippen molar-refractivity contribution in [2.75, 3.05) is 23.7 Å². The van der Waals surface area contributed by atoms with Gasteiger partial charge in [-0.15, -0.1) is 0 Å². The van der Waals surface area contributed by atoms with Crippen LogP contribution >= 0.6 is 0 Å². The number of hydrogen-bond acceptors (Lipinski definition) is 6. The minimum absolute atomic E-state index is 0.0765. The first-order chi connectivity index (χ1) is 9.13. The normalized spacial score (nSPS) is 15.9. The SMILES string of the molecule is CCNc1ncnc(NCC(C)C2CC2)c1[N+](=O)[O-]. The number of nitro groups is 1. The van der Waals surface area contributed by atoms with E-state index in [1.54, 1.807) is 0 Å². The first-order valence-corrected chi connectivity index (χ1v) is 6.60. The van der Waals surface area contributed by atoms with Crippen molar-refractivity contribution in [1.82, 2.24) is 9.97 Å². The molecule has 1 unspecified atom stereocenters. The van der Waals surface area contributed by atoms with Crippen LogP contribution in [0, 0.1) is 22.0 Å². The van der Waals surface area contributed by atoms with Crippen molar-refractivity contribution in [2.24, 2.45) is 11.8 Å². The predicted octanol–water partition coefficient (Wildman–Crippen LogP) is 2.27. The summed E-state index contributed by atoms with van der Waals surface area (Å²) >= 11 is 0. The summed E-state index contributed by atoms with van der Waals surface area (Å²) in [5.74, 6) is 1.83. The summed E-state index contributed by atoms with van der Waals surface area (Å²) in [6, 6.07) is 0. The number of anilines is 2. The zero-order valence-electron chi connectivity index (χ0n) is 11.2. The lowest BCUT2D eigenvalue weighted by Gasteiger charge is -2.12. The molecule has 2 rings (SSSR count). The Morgan fingerprint density at radius 3 is 2.58 bits per heavy atom. The molecular formula is C12H19N5O2. The van der Waals surface area contributed by atoms with Gasteiger partial charge in [-0.05, 0) is 31.6 Å². The molecular weight excluding hydrogens is 246 g/mol. The van der Waals surface area contributed by atoms with Gasteiger partial charge in [-0.3, -0.25) is 10.1 Å². The molecule has 1 saturated carbocycles. The quantitative estimate of drug-likeness (QED) is 0.580. The van der Waals surface area contributed by atoms with Crippen LogP contribution in [-0.2, 0) is 0 Å². The summed E-state index contributed by atoms with van der Waals surface area (Å²) in [5.41, 5.74) is -0.0765. The van der Waals surface area contributed by atoms with Crippen molar-refractivity contribution in [2.45, 2.75) is 26.7 Å². The van der Waals surface area contributed by atoms with Gasteiger partial charge >= 0.3 is 5.69 Å². The lowest BCUT2D eigenvalue weighted by atomic mass is 10.1. The molecule has 0 spiro atoms. The van der Waals surface area contributed by atoms with Gasteiger partial charge in [0.05, 0.1) is 4.92 Å². The van der Waals surface area contributed by atoms with E-state index in [9.17, 15) is 10.1 Å². The van der Waals surface area contributed by atoms with Crippen LogP contribution in [0.4, 0.5) is 17.3 Å². The molecule has 104 valence electrons. The van der Waals surface area contributed by atoms with Crippen LogP contribution in [0.5, 0.6) is 0 Å². The molecule has 7 nitrogen and oxygen atoms in total. The number of rotatable bonds is 7. The summed E-state index contributed by atoms with van der Waals surface area (Å²) in [7, 11) is 0. The van der Waals surface area contributed by atoms with Crippen LogP contribution in [0.25, 0.3) is 0 Å². The average molecular weight is 265 g/mol. The highest BCUT2D eigenvalue weighted by Crippen LogP contribution is 2.37. The molecule has 19 heavy (non-hydrogen) atoms. The Hall–Kier alpha value is -1.92. The van der Waals surface area contributed by atoms with Crippen molar-refractivity contribution in [1.29, 1.82) is 0 Å². The molecule has 1 fully saturated rings. The lowest BCUT2D eigenvalue weighted by molar-refractivity contribution is -0.383. The van der Waals surface area contributed by atoms with Crippen molar-refractivity contribution in [3.8, 4) is 0 Å². The average Bonchev–Trinajstić information content (AvgIpc) is 3.20. The van der Waals surface area contributed by atoms with Gasteiger partial charge in [0.25, 0.3) is 0 Å². The fraction of sp³-hybridized carbons (Fsp3) is 0.667. The second-order valence-corrected chi connectivity index (χ2v) is 4.90. The van der Waals surface area contributed by atoms with Crippen molar-refractivity contribution < 1.29 is 4.92 Å². The second kappa shape index (κ2) is 5.81. The van der Waals surface area contributed by atoms with E-state index >= 15 is 0 Å². The number of nitrogens with one attached hydrogen (secondary N) is 2. The summed E-state index contributed by atoms with van der Waals surface area (Å²) in [4.78, 5) is 18.6. The summed E-state index contributed by atoms with van der Waals surface area (Å²) in [6.45, 7) is 5.31. The van der Waals surface area contributed by atoms with E-state index in [0.717, 1.165) is 5.92 Å². The topological polar surface area (TPSA) is 93.0 Å². The third-order valence-corrected chi connectivity index (χ3v) is 3.37. The number of aromatic nitrogens is 2. The number of hydrogen-bond donors (Lipinski definition) is 2. The van der Waals surface area contributed by atoms with Gasteiger partial charge in [-0.25, -0.2) is 9.97 Å². The van der Waals surface area contributed by atoms with Crippen LogP contribution in [0.2, 0.25) is 0 Å². The first kappa shape index (κ1) is 13.5. The van der Waals surface area contributed by atoms with Crippen LogP contribution in [-0.4, -0.2) is 28.0 Å². The highest BCUT2D eigenvalue weighted by Gasteiger charge is 2.29. The van der Waals surface area contributed by atoms with Crippen LogP contribution < -0.4 is 10.6 Å². The minimum atomic E-state index is -0.442. The molecule has 0 bridgehead atoms. The molecule has 2 N–H and O–H groups in total. The summed E-state index contributed by atoms with van der Waals surface area (Å²) in [5, 5.41) is 17.1. The Labute approximate surface area is 112 Å². The van der Waals surface area contributed by atoms with Crippen molar-refractivity contribution >= 4 is 17.3 Å². The highest BCUT2D eigenvalue weighted by atomic mass is 16.6. The lowest BCUT2D eigenvalue weighted by Crippen LogP contribution is -2.16. The van der Waals surface area contributed by atoms with E-state index in [1.807, 2.05) is 6.92 Å². The Morgan fingerprint density at radius 2 is 2.05 bits per heavy atom. The van der Waals surface area contributed by atoms with E-state index in [2.05, 4.69) is 27.5 Å². The van der Waals surface area contributed by atoms with Crippen LogP contribution in [0.1, 0.15) is 26.7 Å². The van der Waals surface area contributed by atoms with Gasteiger partial charge in [0.2, 0.25) is 11.6 Å². The van der Waals surface area contributed by atoms with Gasteiger partial charge in [0, 0.05) is 13.1 Å². The van der Waals surface area contributed by atoms with E-state index in [1.165, 1.54) is 19.2 Å². The van der Waals surface area contributed by atoms with Gasteiger partial charge < -0.3 is 10.6 Å². The number of nitrogens with zero attached hydrogens (tertiary/aromatic N) is 3. The Balaban J connectivity index is 2.13. The minimum Gasteiger partial charge on any atom is -0.364 e. The Kier molecular flexibility index (Phi) is 4.13. The molecule has 1 atom stereocenters. The van der Waals surface area contributed by atoms with E-state index in [0.29, 0.717) is 24.8 Å². The molecule has 1 aromatic heterocycles. The smallest absolute Gasteiger partial charge is 0.353 e. The maximum Gasteiger partial charge on any atom is 0.353 e. The Bertz CT molecular complexity index is 461. The van der Waals surface area contributed by atoms with Gasteiger partial charge in [-0.2, -0.15) is 0 Å². The van der Waals surface area contributed by atoms with Gasteiger partial charge in [-0.1, -0.05) is 6.92 Å². The van der Waals surface area contributed by atoms with Gasteiger partial charge in [0.15, 0.2) is 0 Å². The first-order valence-electron chi connectivity index (χ1n) is 6.60. The molecule has 0 radical (unpaired) electrons. The fourth-order valence-corrected chi connectivity index (χ4v) is 2.07. The van der Waals surface area contributed by atoms with E-state index < -0.39 is 4.92 Å². The van der Waals surface area contributed by atoms with E-state index in [4.69, 9.17) is 0 Å². The molecule has 1 heterocycles. The van der Waals surface area contributed by atoms with Crippen molar-refractivity contribution in [3.05, 3.63) is 16.4 Å². The summed E-state index contributed by atoms with van der Waals surface area (Å²) in [6.07, 6.45) is 3.86. The molecule has 0 saturated heterocycles. The largest absolute Gasteiger partial charge is 0.364 e. The van der Waals surface area contributed by atoms with Crippen molar-refractivity contribution in [3.63, 3.8) is 0 Å². The highest BCUT2D eigenvalue weighted by molar-refractivity contribution is 5.69. The zero-order chi connectivity index (χ0) is 13.8. The standard InChI is InChI=1S/C12H19N5O2/c1-3-13-11-10(17(18)19)12(16-7-15-11)14-6-8(2)9-4-5-9/h7-9H,3-6H2,1-2H3,(H2,13,14,15,16). The van der Waals surface area contributed by atoms with Crippen LogP contribution in [0.3, 0.4) is 0 Å². The molecule has 1 aliphatic rings.